The van der Waals surface area contributed by atoms with Gasteiger partial charge in [0.25, 0.3) is 0 Å². The highest BCUT2D eigenvalue weighted by Crippen LogP contribution is 2.30. The van der Waals surface area contributed by atoms with Gasteiger partial charge in [0.15, 0.2) is 21.9 Å². The maximum absolute atomic E-state index is 13.3. The van der Waals surface area contributed by atoms with E-state index in [0.717, 1.165) is 6.54 Å². The Morgan fingerprint density at radius 1 is 1.28 bits per heavy atom. The summed E-state index contributed by atoms with van der Waals surface area (Å²) in [5.74, 6) is -0.423. The summed E-state index contributed by atoms with van der Waals surface area (Å²) in [4.78, 5) is 10.2. The summed E-state index contributed by atoms with van der Waals surface area (Å²) in [6.07, 6.45) is 2.07. The lowest BCUT2D eigenvalue weighted by Gasteiger charge is -2.34. The first-order chi connectivity index (χ1) is 8.65. The van der Waals surface area contributed by atoms with E-state index in [1.807, 2.05) is 0 Å². The third kappa shape index (κ3) is 2.20. The molecule has 0 saturated carbocycles. The molecule has 2 saturated heterocycles. The Balaban J connectivity index is 1.83. The van der Waals surface area contributed by atoms with E-state index in [4.69, 9.17) is 27.9 Å². The van der Waals surface area contributed by atoms with E-state index in [0.29, 0.717) is 25.0 Å². The lowest BCUT2D eigenvalue weighted by molar-refractivity contribution is -0.0541. The van der Waals surface area contributed by atoms with E-state index in [1.165, 1.54) is 12.8 Å². The molecule has 0 aliphatic carbocycles. The van der Waals surface area contributed by atoms with Crippen LogP contribution >= 0.6 is 23.2 Å². The summed E-state index contributed by atoms with van der Waals surface area (Å²) >= 11 is 11.3. The highest BCUT2D eigenvalue weighted by atomic mass is 35.5. The summed E-state index contributed by atoms with van der Waals surface area (Å²) in [6, 6.07) is 0.493. The average molecular weight is 292 g/mol. The van der Waals surface area contributed by atoms with Crippen LogP contribution < -0.4 is 0 Å². The minimum Gasteiger partial charge on any atom is -0.367 e. The van der Waals surface area contributed by atoms with Crippen LogP contribution in [0.4, 0.5) is 4.39 Å². The lowest BCUT2D eigenvalue weighted by Crippen LogP contribution is -2.42. The van der Waals surface area contributed by atoms with Crippen molar-refractivity contribution in [3.05, 3.63) is 21.9 Å². The topological polar surface area (TPSA) is 38.2 Å². The molecule has 4 nitrogen and oxygen atoms in total. The van der Waals surface area contributed by atoms with Gasteiger partial charge in [-0.1, -0.05) is 23.2 Å². The second kappa shape index (κ2) is 4.89. The molecular weight excluding hydrogens is 280 g/mol. The molecule has 0 amide bonds. The van der Waals surface area contributed by atoms with E-state index < -0.39 is 5.82 Å². The molecule has 18 heavy (non-hydrogen) atoms. The van der Waals surface area contributed by atoms with Gasteiger partial charge in [0.2, 0.25) is 0 Å². The molecule has 2 fully saturated rings. The number of nitrogens with zero attached hydrogens (tertiary/aromatic N) is 3. The van der Waals surface area contributed by atoms with Crippen LogP contribution in [0.1, 0.15) is 24.8 Å². The summed E-state index contributed by atoms with van der Waals surface area (Å²) in [5.41, 5.74) is 0. The van der Waals surface area contributed by atoms with Crippen molar-refractivity contribution in [2.75, 3.05) is 19.7 Å². The first kappa shape index (κ1) is 12.5. The van der Waals surface area contributed by atoms with Crippen LogP contribution in [0, 0.1) is 5.82 Å². The van der Waals surface area contributed by atoms with Crippen molar-refractivity contribution in [1.29, 1.82) is 0 Å². The monoisotopic (exact) mass is 291 g/mol. The van der Waals surface area contributed by atoms with E-state index in [-0.39, 0.29) is 16.4 Å². The predicted octanol–water partition coefficient (Wildman–Crippen LogP) is 2.46. The number of halogens is 3. The van der Waals surface area contributed by atoms with Crippen LogP contribution in [0.3, 0.4) is 0 Å². The zero-order valence-electron chi connectivity index (χ0n) is 9.57. The number of morpholine rings is 1. The van der Waals surface area contributed by atoms with Gasteiger partial charge in [0, 0.05) is 12.6 Å². The van der Waals surface area contributed by atoms with Gasteiger partial charge in [0.05, 0.1) is 6.61 Å². The van der Waals surface area contributed by atoms with Gasteiger partial charge in [-0.2, -0.15) is 0 Å². The molecule has 2 atom stereocenters. The number of rotatable bonds is 1. The fourth-order valence-corrected chi connectivity index (χ4v) is 2.93. The number of hydrogen-bond acceptors (Lipinski definition) is 4. The van der Waals surface area contributed by atoms with Gasteiger partial charge in [-0.05, 0) is 19.4 Å². The normalized spacial score (nSPS) is 28.4. The second-order valence-corrected chi connectivity index (χ2v) is 5.31. The summed E-state index contributed by atoms with van der Waals surface area (Å²) < 4.78 is 19.0. The maximum Gasteiger partial charge on any atom is 0.197 e. The predicted molar refractivity (Wildman–Crippen MR) is 65.3 cm³/mol. The first-order valence-electron chi connectivity index (χ1n) is 5.89. The van der Waals surface area contributed by atoms with E-state index in [2.05, 4.69) is 14.9 Å². The minimum absolute atomic E-state index is 0.253. The second-order valence-electron chi connectivity index (χ2n) is 4.59. The van der Waals surface area contributed by atoms with Gasteiger partial charge < -0.3 is 4.74 Å². The first-order valence-corrected chi connectivity index (χ1v) is 6.65. The van der Waals surface area contributed by atoms with E-state index in [1.54, 1.807) is 0 Å². The smallest absolute Gasteiger partial charge is 0.197 e. The highest BCUT2D eigenvalue weighted by Gasteiger charge is 2.34. The van der Waals surface area contributed by atoms with Crippen molar-refractivity contribution in [1.82, 2.24) is 14.9 Å². The standard InChI is InChI=1S/C11H12Cl2FN3O/c12-9-8(14)10(13)16-11(15-9)7-4-17-3-1-2-6(17)5-18-7/h6-7H,1-5H2. The van der Waals surface area contributed by atoms with Gasteiger partial charge in [-0.15, -0.1) is 0 Å². The molecule has 0 aromatic carbocycles. The molecule has 2 aliphatic heterocycles. The Kier molecular flexibility index (Phi) is 3.40. The van der Waals surface area contributed by atoms with E-state index in [9.17, 15) is 4.39 Å². The molecular formula is C11H12Cl2FN3O. The fourth-order valence-electron chi connectivity index (χ4n) is 2.53. The SMILES string of the molecule is Fc1c(Cl)nc(C2CN3CCCC3CO2)nc1Cl. The number of fused-ring (bicyclic) bond motifs is 1. The minimum atomic E-state index is -0.781. The van der Waals surface area contributed by atoms with Gasteiger partial charge in [0.1, 0.15) is 6.10 Å². The highest BCUT2D eigenvalue weighted by molar-refractivity contribution is 6.33. The number of ether oxygens (including phenoxy) is 1. The van der Waals surface area contributed by atoms with Crippen molar-refractivity contribution >= 4 is 23.2 Å². The van der Waals surface area contributed by atoms with Crippen LogP contribution in [-0.2, 0) is 4.74 Å². The molecule has 98 valence electrons. The Bertz CT molecular complexity index is 451. The van der Waals surface area contributed by atoms with Crippen molar-refractivity contribution in [2.45, 2.75) is 25.0 Å². The van der Waals surface area contributed by atoms with Crippen LogP contribution in [0.25, 0.3) is 0 Å². The summed E-state index contributed by atoms with van der Waals surface area (Å²) in [6.45, 7) is 2.43. The maximum atomic E-state index is 13.3. The third-order valence-electron chi connectivity index (χ3n) is 3.46. The van der Waals surface area contributed by atoms with Gasteiger partial charge in [-0.25, -0.2) is 14.4 Å². The molecule has 3 heterocycles. The van der Waals surface area contributed by atoms with Crippen molar-refractivity contribution in [3.63, 3.8) is 0 Å². The van der Waals surface area contributed by atoms with Crippen molar-refractivity contribution in [3.8, 4) is 0 Å². The van der Waals surface area contributed by atoms with E-state index >= 15 is 0 Å². The molecule has 1 aromatic heterocycles. The summed E-state index contributed by atoms with van der Waals surface area (Å²) in [7, 11) is 0. The molecule has 0 bridgehead atoms. The average Bonchev–Trinajstić information content (AvgIpc) is 2.82. The van der Waals surface area contributed by atoms with Crippen LogP contribution in [-0.4, -0.2) is 40.6 Å². The molecule has 0 N–H and O–H groups in total. The van der Waals surface area contributed by atoms with Crippen molar-refractivity contribution in [2.24, 2.45) is 0 Å². The Labute approximate surface area is 114 Å². The number of aromatic nitrogens is 2. The molecule has 3 rings (SSSR count). The van der Waals surface area contributed by atoms with Crippen LogP contribution in [0.15, 0.2) is 0 Å². The summed E-state index contributed by atoms with van der Waals surface area (Å²) in [5, 5.41) is -0.505. The molecule has 1 aromatic rings. The van der Waals surface area contributed by atoms with Crippen LogP contribution in [0.2, 0.25) is 10.3 Å². The van der Waals surface area contributed by atoms with Gasteiger partial charge in [-0.3, -0.25) is 4.90 Å². The van der Waals surface area contributed by atoms with Crippen molar-refractivity contribution < 1.29 is 9.13 Å². The Morgan fingerprint density at radius 2 is 2.00 bits per heavy atom. The number of hydrogen-bond donors (Lipinski definition) is 0. The van der Waals surface area contributed by atoms with Gasteiger partial charge >= 0.3 is 0 Å². The molecule has 0 radical (unpaired) electrons. The molecule has 7 heteroatoms. The largest absolute Gasteiger partial charge is 0.367 e. The molecule has 2 aliphatic rings. The Hall–Kier alpha value is -0.490. The Morgan fingerprint density at radius 3 is 2.72 bits per heavy atom. The lowest BCUT2D eigenvalue weighted by atomic mass is 10.2. The third-order valence-corrected chi connectivity index (χ3v) is 3.97. The zero-order chi connectivity index (χ0) is 12.7. The van der Waals surface area contributed by atoms with Crippen LogP contribution in [0.5, 0.6) is 0 Å². The molecule has 2 unspecified atom stereocenters. The quantitative estimate of drug-likeness (QED) is 0.745. The fraction of sp³-hybridized carbons (Fsp3) is 0.636. The zero-order valence-corrected chi connectivity index (χ0v) is 11.1. The molecule has 0 spiro atoms.